The predicted molar refractivity (Wildman–Crippen MR) is 184 cm³/mol. The van der Waals surface area contributed by atoms with Crippen molar-refractivity contribution in [2.45, 2.75) is 142 Å². The molecule has 13 atom stereocenters. The lowest BCUT2D eigenvalue weighted by Gasteiger charge is -2.73. The molecule has 2 N–H and O–H groups in total. The minimum absolute atomic E-state index is 0.0783. The number of rotatable bonds is 8. The Kier molecular flexibility index (Phi) is 9.62. The van der Waals surface area contributed by atoms with Gasteiger partial charge in [-0.3, -0.25) is 14.4 Å². The minimum atomic E-state index is -1.72. The Bertz CT molecular complexity index is 1530. The average Bonchev–Trinajstić information content (AvgIpc) is 3.86. The quantitative estimate of drug-likeness (QED) is 0.117. The molecule has 0 spiro atoms. The maximum atomic E-state index is 13.8. The van der Waals surface area contributed by atoms with Gasteiger partial charge in [0.15, 0.2) is 6.10 Å². The normalized spacial score (nSPS) is 45.1. The van der Waals surface area contributed by atoms with E-state index in [2.05, 4.69) is 18.8 Å². The zero-order chi connectivity index (χ0) is 38.2. The number of esters is 4. The average molecular weight is 732 g/mol. The SMILES string of the molecule is C=C1C[C@@]2(O)C3CC[C@]4(C)C(CC[C@@]5(C(C)OC(=O)NCCCC)COC(=O)CC[C@H]54)C3(C)[C@H](OC(C)=O)[C@H](OC(C)=O)[C@@]2(C)[C@]2(C(=O)OC)O[C@H]12. The van der Waals surface area contributed by atoms with Crippen LogP contribution in [0.25, 0.3) is 0 Å². The molecule has 6 fully saturated rings. The van der Waals surface area contributed by atoms with Gasteiger partial charge in [-0.05, 0) is 81.1 Å². The Morgan fingerprint density at radius 3 is 2.29 bits per heavy atom. The van der Waals surface area contributed by atoms with E-state index in [4.69, 9.17) is 28.4 Å². The number of cyclic esters (lactones) is 1. The third kappa shape index (κ3) is 5.10. The second kappa shape index (κ2) is 13.0. The molecule has 2 aliphatic heterocycles. The molecule has 0 aromatic carbocycles. The molecule has 0 radical (unpaired) electrons. The van der Waals surface area contributed by atoms with Crippen LogP contribution in [0.1, 0.15) is 106 Å². The summed E-state index contributed by atoms with van der Waals surface area (Å²) in [5, 5.41) is 16.3. The summed E-state index contributed by atoms with van der Waals surface area (Å²) in [4.78, 5) is 65.9. The molecule has 290 valence electrons. The first-order valence-electron chi connectivity index (χ1n) is 19.0. The monoisotopic (exact) mass is 731 g/mol. The van der Waals surface area contributed by atoms with Gasteiger partial charge in [-0.25, -0.2) is 9.59 Å². The van der Waals surface area contributed by atoms with Crippen molar-refractivity contribution in [3.05, 3.63) is 12.2 Å². The lowest BCUT2D eigenvalue weighted by Crippen LogP contribution is -2.82. The van der Waals surface area contributed by atoms with E-state index in [-0.39, 0.29) is 37.3 Å². The van der Waals surface area contributed by atoms with E-state index in [0.29, 0.717) is 44.2 Å². The molecule has 13 heteroatoms. The second-order valence-corrected chi connectivity index (χ2v) is 17.1. The highest BCUT2D eigenvalue weighted by Gasteiger charge is 2.90. The van der Waals surface area contributed by atoms with Crippen molar-refractivity contribution < 1.29 is 57.5 Å². The second-order valence-electron chi connectivity index (χ2n) is 17.1. The number of carbonyl (C=O) groups excluding carboxylic acids is 5. The van der Waals surface area contributed by atoms with Gasteiger partial charge in [-0.1, -0.05) is 33.8 Å². The number of methoxy groups -OCH3 is 1. The summed E-state index contributed by atoms with van der Waals surface area (Å²) < 4.78 is 35.9. The maximum Gasteiger partial charge on any atom is 0.407 e. The number of nitrogens with one attached hydrogen (secondary N) is 1. The summed E-state index contributed by atoms with van der Waals surface area (Å²) in [6, 6.07) is 0. The molecule has 52 heavy (non-hydrogen) atoms. The van der Waals surface area contributed by atoms with Gasteiger partial charge in [0.2, 0.25) is 5.60 Å². The van der Waals surface area contributed by atoms with Gasteiger partial charge in [0.1, 0.15) is 24.9 Å². The molecule has 0 aromatic rings. The fourth-order valence-electron chi connectivity index (χ4n) is 12.7. The van der Waals surface area contributed by atoms with Gasteiger partial charge in [0.05, 0.1) is 18.1 Å². The van der Waals surface area contributed by atoms with Gasteiger partial charge in [-0.15, -0.1) is 0 Å². The number of ether oxygens (including phenoxy) is 6. The Labute approximate surface area is 306 Å². The van der Waals surface area contributed by atoms with E-state index < -0.39 is 87.2 Å². The standard InChI is InChI=1S/C39H57NO12/c1-10-11-18-40-33(45)49-22(3)37-17-15-25-34(6,26(37)12-13-28(43)48-20-37)16-14-27-35(25,7)30(50-23(4)41)31(51-24(5)42)36(8)38(27,46)19-21(2)29-39(36,52-29)32(44)47-9/h22,25-27,29-31,46H,2,10-20H2,1,3-9H3,(H,40,45)/t22?,25?,26-,27?,29+,30+,31-,34+,35?,36+,37-,38+,39-/m0/s1. The highest BCUT2D eigenvalue weighted by atomic mass is 16.7. The van der Waals surface area contributed by atoms with Gasteiger partial charge in [-0.2, -0.15) is 0 Å². The lowest BCUT2D eigenvalue weighted by atomic mass is 9.32. The summed E-state index contributed by atoms with van der Waals surface area (Å²) in [6.07, 6.45) is 0.316. The van der Waals surface area contributed by atoms with Gasteiger partial charge in [0, 0.05) is 44.1 Å². The molecule has 4 saturated carbocycles. The Balaban J connectivity index is 1.49. The van der Waals surface area contributed by atoms with Crippen LogP contribution in [0, 0.1) is 39.4 Å². The molecular weight excluding hydrogens is 674 g/mol. The number of alkyl carbamates (subject to hydrolysis) is 1. The highest BCUT2D eigenvalue weighted by Crippen LogP contribution is 2.78. The third-order valence-corrected chi connectivity index (χ3v) is 15.0. The smallest absolute Gasteiger partial charge is 0.407 e. The van der Waals surface area contributed by atoms with E-state index in [1.807, 2.05) is 20.8 Å². The number of amides is 1. The van der Waals surface area contributed by atoms with Crippen molar-refractivity contribution in [3.8, 4) is 0 Å². The number of hydrogen-bond acceptors (Lipinski definition) is 12. The summed E-state index contributed by atoms with van der Waals surface area (Å²) in [5.74, 6) is -3.29. The fraction of sp³-hybridized carbons (Fsp3) is 0.821. The molecule has 2 saturated heterocycles. The number of carbonyl (C=O) groups is 5. The first kappa shape index (κ1) is 38.5. The van der Waals surface area contributed by atoms with E-state index in [1.54, 1.807) is 6.92 Å². The minimum Gasteiger partial charge on any atom is -0.467 e. The largest absolute Gasteiger partial charge is 0.467 e. The molecule has 2 heterocycles. The fourth-order valence-corrected chi connectivity index (χ4v) is 12.7. The number of hydrogen-bond donors (Lipinski definition) is 2. The van der Waals surface area contributed by atoms with Crippen LogP contribution in [-0.2, 0) is 47.6 Å². The number of unbranched alkanes of at least 4 members (excludes halogenated alkanes) is 1. The molecule has 0 aromatic heterocycles. The zero-order valence-corrected chi connectivity index (χ0v) is 32.0. The number of epoxide rings is 1. The molecule has 13 nitrogen and oxygen atoms in total. The van der Waals surface area contributed by atoms with Crippen molar-refractivity contribution in [3.63, 3.8) is 0 Å². The Morgan fingerprint density at radius 2 is 1.65 bits per heavy atom. The summed E-state index contributed by atoms with van der Waals surface area (Å²) in [5.41, 5.74) is -6.76. The van der Waals surface area contributed by atoms with Gasteiger partial charge >= 0.3 is 30.0 Å². The molecule has 4 aliphatic carbocycles. The van der Waals surface area contributed by atoms with Gasteiger partial charge in [0.25, 0.3) is 0 Å². The zero-order valence-electron chi connectivity index (χ0n) is 32.0. The van der Waals surface area contributed by atoms with E-state index >= 15 is 0 Å². The van der Waals surface area contributed by atoms with Crippen molar-refractivity contribution in [1.29, 1.82) is 0 Å². The summed E-state index contributed by atoms with van der Waals surface area (Å²) in [6.45, 7) is 17.2. The highest BCUT2D eigenvalue weighted by molar-refractivity contribution is 5.87. The first-order valence-corrected chi connectivity index (χ1v) is 19.0. The molecule has 6 aliphatic rings. The van der Waals surface area contributed by atoms with E-state index in [9.17, 15) is 29.1 Å². The van der Waals surface area contributed by atoms with Crippen LogP contribution in [0.5, 0.6) is 0 Å². The van der Waals surface area contributed by atoms with Crippen LogP contribution in [0.3, 0.4) is 0 Å². The number of fused-ring (bicyclic) bond motifs is 9. The lowest BCUT2D eigenvalue weighted by molar-refractivity contribution is -0.338. The molecule has 4 unspecified atom stereocenters. The topological polar surface area (TPSA) is 176 Å². The maximum absolute atomic E-state index is 13.8. The molecule has 6 rings (SSSR count). The Hall–Kier alpha value is -3.19. The third-order valence-electron chi connectivity index (χ3n) is 15.0. The number of aliphatic hydroxyl groups is 1. The molecule has 1 amide bonds. The van der Waals surface area contributed by atoms with Crippen molar-refractivity contribution >= 4 is 30.0 Å². The van der Waals surface area contributed by atoms with Crippen LogP contribution in [0.4, 0.5) is 4.79 Å². The van der Waals surface area contributed by atoms with Crippen LogP contribution in [-0.4, -0.2) is 91.0 Å². The molecular formula is C39H57NO12. The summed E-state index contributed by atoms with van der Waals surface area (Å²) in [7, 11) is 1.24. The molecule has 0 bridgehead atoms. The van der Waals surface area contributed by atoms with Crippen LogP contribution in [0.2, 0.25) is 0 Å². The summed E-state index contributed by atoms with van der Waals surface area (Å²) >= 11 is 0. The van der Waals surface area contributed by atoms with Crippen molar-refractivity contribution in [1.82, 2.24) is 5.32 Å². The van der Waals surface area contributed by atoms with Gasteiger partial charge < -0.3 is 38.8 Å². The van der Waals surface area contributed by atoms with Crippen LogP contribution >= 0.6 is 0 Å². The van der Waals surface area contributed by atoms with E-state index in [1.165, 1.54) is 21.0 Å². The predicted octanol–water partition coefficient (Wildman–Crippen LogP) is 4.56. The first-order chi connectivity index (χ1) is 24.3. The van der Waals surface area contributed by atoms with Crippen LogP contribution in [0.15, 0.2) is 12.2 Å². The van der Waals surface area contributed by atoms with Crippen molar-refractivity contribution in [2.24, 2.45) is 39.4 Å². The van der Waals surface area contributed by atoms with Crippen molar-refractivity contribution in [2.75, 3.05) is 20.3 Å². The van der Waals surface area contributed by atoms with E-state index in [0.717, 1.165) is 12.8 Å². The van der Waals surface area contributed by atoms with Crippen LogP contribution < -0.4 is 5.32 Å². The Morgan fingerprint density at radius 1 is 1.00 bits per heavy atom.